The molecule has 3 rings (SSSR count). The van der Waals surface area contributed by atoms with Gasteiger partial charge in [0, 0.05) is 22.0 Å². The summed E-state index contributed by atoms with van der Waals surface area (Å²) in [6.07, 6.45) is -4.62. The lowest BCUT2D eigenvalue weighted by Crippen LogP contribution is -2.14. The molecule has 0 saturated carbocycles. The van der Waals surface area contributed by atoms with E-state index < -0.39 is 12.0 Å². The lowest BCUT2D eigenvalue weighted by atomic mass is 10.2. The number of halogens is 4. The van der Waals surface area contributed by atoms with Crippen LogP contribution in [0.2, 0.25) is 0 Å². The molecule has 0 amide bonds. The number of hydrogen-bond acceptors (Lipinski definition) is 4. The summed E-state index contributed by atoms with van der Waals surface area (Å²) in [6, 6.07) is 12.1. The first-order valence-corrected chi connectivity index (χ1v) is 8.08. The number of methoxy groups -OCH3 is 1. The van der Waals surface area contributed by atoms with Gasteiger partial charge in [0.1, 0.15) is 11.6 Å². The maximum absolute atomic E-state index is 13.1. The summed E-state index contributed by atoms with van der Waals surface area (Å²) < 4.78 is 45.2. The minimum Gasteiger partial charge on any atom is -0.496 e. The second-order valence-corrected chi connectivity index (χ2v) is 6.14. The quantitative estimate of drug-likeness (QED) is 0.653. The molecule has 25 heavy (non-hydrogen) atoms. The predicted molar refractivity (Wildman–Crippen MR) is 92.6 cm³/mol. The molecule has 0 unspecified atom stereocenters. The van der Waals surface area contributed by atoms with Crippen LogP contribution in [-0.4, -0.2) is 17.1 Å². The molecule has 1 aromatic heterocycles. The predicted octanol–water partition coefficient (Wildman–Crippen LogP) is 5.03. The Balaban J connectivity index is 2.03. The maximum atomic E-state index is 13.1. The summed E-state index contributed by atoms with van der Waals surface area (Å²) in [5.74, 6) is -0.417. The zero-order valence-electron chi connectivity index (χ0n) is 13.1. The number of anilines is 1. The highest BCUT2D eigenvalue weighted by atomic mass is 79.9. The molecular weight excluding hydrogens is 399 g/mol. The highest BCUT2D eigenvalue weighted by Crippen LogP contribution is 2.32. The number of alkyl halides is 3. The minimum absolute atomic E-state index is 0.115. The lowest BCUT2D eigenvalue weighted by Gasteiger charge is -2.14. The molecule has 0 fully saturated rings. The molecule has 4 nitrogen and oxygen atoms in total. The largest absolute Gasteiger partial charge is 0.496 e. The molecule has 0 aliphatic rings. The normalized spacial score (nSPS) is 11.6. The second kappa shape index (κ2) is 6.87. The van der Waals surface area contributed by atoms with E-state index in [9.17, 15) is 13.2 Å². The third kappa shape index (κ3) is 3.84. The number of nitrogens with zero attached hydrogens (tertiary/aromatic N) is 2. The molecular formula is C17H13BrF3N3O. The fourth-order valence-corrected chi connectivity index (χ4v) is 2.75. The van der Waals surface area contributed by atoms with E-state index in [0.29, 0.717) is 11.1 Å². The molecule has 1 N–H and O–H groups in total. The van der Waals surface area contributed by atoms with E-state index in [1.54, 1.807) is 18.2 Å². The van der Waals surface area contributed by atoms with Crippen molar-refractivity contribution in [2.45, 2.75) is 12.7 Å². The number of fused-ring (bicyclic) bond motifs is 1. The van der Waals surface area contributed by atoms with Crippen molar-refractivity contribution >= 4 is 32.7 Å². The van der Waals surface area contributed by atoms with Gasteiger partial charge in [0.2, 0.25) is 5.82 Å². The Kier molecular flexibility index (Phi) is 4.80. The zero-order chi connectivity index (χ0) is 18.0. The van der Waals surface area contributed by atoms with Crippen LogP contribution in [0.15, 0.2) is 46.9 Å². The Morgan fingerprint density at radius 3 is 2.60 bits per heavy atom. The van der Waals surface area contributed by atoms with Gasteiger partial charge in [-0.05, 0) is 24.3 Å². The highest BCUT2D eigenvalue weighted by molar-refractivity contribution is 9.10. The van der Waals surface area contributed by atoms with E-state index in [1.165, 1.54) is 13.2 Å². The minimum atomic E-state index is -4.62. The molecule has 0 radical (unpaired) electrons. The third-order valence-corrected chi connectivity index (χ3v) is 4.04. The summed E-state index contributed by atoms with van der Waals surface area (Å²) in [4.78, 5) is 7.29. The van der Waals surface area contributed by atoms with Crippen LogP contribution >= 0.6 is 15.9 Å². The molecule has 0 spiro atoms. The van der Waals surface area contributed by atoms with Gasteiger partial charge in [-0.15, -0.1) is 0 Å². The van der Waals surface area contributed by atoms with Crippen molar-refractivity contribution < 1.29 is 17.9 Å². The van der Waals surface area contributed by atoms with Crippen LogP contribution in [0.1, 0.15) is 11.4 Å². The van der Waals surface area contributed by atoms with Gasteiger partial charge in [-0.1, -0.05) is 34.1 Å². The van der Waals surface area contributed by atoms with E-state index in [1.807, 2.05) is 18.2 Å². The number of rotatable bonds is 4. The van der Waals surface area contributed by atoms with Crippen molar-refractivity contribution in [3.05, 3.63) is 58.3 Å². The molecule has 8 heteroatoms. The Bertz CT molecular complexity index is 915. The Hall–Kier alpha value is -2.35. The van der Waals surface area contributed by atoms with Crippen LogP contribution in [0.25, 0.3) is 10.9 Å². The molecule has 2 aromatic carbocycles. The van der Waals surface area contributed by atoms with E-state index >= 15 is 0 Å². The van der Waals surface area contributed by atoms with Gasteiger partial charge in [-0.25, -0.2) is 9.97 Å². The SMILES string of the molecule is COc1ccccc1CNc1nc(C(F)(F)F)nc2ccc(Br)cc12. The molecule has 0 saturated heterocycles. The van der Waals surface area contributed by atoms with E-state index in [-0.39, 0.29) is 17.9 Å². The first-order chi connectivity index (χ1) is 11.9. The zero-order valence-corrected chi connectivity index (χ0v) is 14.6. The van der Waals surface area contributed by atoms with Gasteiger partial charge in [0.25, 0.3) is 0 Å². The van der Waals surface area contributed by atoms with Crippen molar-refractivity contribution in [1.29, 1.82) is 0 Å². The van der Waals surface area contributed by atoms with Crippen molar-refractivity contribution in [2.24, 2.45) is 0 Å². The van der Waals surface area contributed by atoms with Crippen molar-refractivity contribution in [3.63, 3.8) is 0 Å². The summed E-state index contributed by atoms with van der Waals surface area (Å²) in [6.45, 7) is 0.264. The first-order valence-electron chi connectivity index (χ1n) is 7.29. The van der Waals surface area contributed by atoms with Gasteiger partial charge in [-0.2, -0.15) is 13.2 Å². The summed E-state index contributed by atoms with van der Waals surface area (Å²) in [5, 5.41) is 3.46. The number of aromatic nitrogens is 2. The van der Waals surface area contributed by atoms with Crippen molar-refractivity contribution in [2.75, 3.05) is 12.4 Å². The molecule has 0 aliphatic carbocycles. The number of hydrogen-bond donors (Lipinski definition) is 1. The third-order valence-electron chi connectivity index (χ3n) is 3.55. The van der Waals surface area contributed by atoms with E-state index in [0.717, 1.165) is 10.0 Å². The topological polar surface area (TPSA) is 47.0 Å². The molecule has 0 aliphatic heterocycles. The number of benzene rings is 2. The molecule has 130 valence electrons. The molecule has 0 bridgehead atoms. The van der Waals surface area contributed by atoms with Gasteiger partial charge >= 0.3 is 6.18 Å². The lowest BCUT2D eigenvalue weighted by molar-refractivity contribution is -0.144. The van der Waals surface area contributed by atoms with Crippen LogP contribution in [0.4, 0.5) is 19.0 Å². The average Bonchev–Trinajstić information content (AvgIpc) is 2.59. The molecule has 3 aromatic rings. The van der Waals surface area contributed by atoms with Gasteiger partial charge in [0.05, 0.1) is 12.6 Å². The van der Waals surface area contributed by atoms with Crippen LogP contribution < -0.4 is 10.1 Å². The Morgan fingerprint density at radius 2 is 1.88 bits per heavy atom. The maximum Gasteiger partial charge on any atom is 0.451 e. The smallest absolute Gasteiger partial charge is 0.451 e. The van der Waals surface area contributed by atoms with E-state index in [4.69, 9.17) is 4.74 Å². The van der Waals surface area contributed by atoms with Crippen molar-refractivity contribution in [3.8, 4) is 5.75 Å². The molecule has 0 atom stereocenters. The standard InChI is InChI=1S/C17H13BrF3N3O/c1-25-14-5-3-2-4-10(14)9-22-15-12-8-11(18)6-7-13(12)23-16(24-15)17(19,20)21/h2-8H,9H2,1H3,(H,22,23,24). The van der Waals surface area contributed by atoms with Gasteiger partial charge in [0.15, 0.2) is 0 Å². The fraction of sp³-hybridized carbons (Fsp3) is 0.176. The second-order valence-electron chi connectivity index (χ2n) is 5.22. The van der Waals surface area contributed by atoms with Crippen LogP contribution in [0.5, 0.6) is 5.75 Å². The number of nitrogens with one attached hydrogen (secondary N) is 1. The van der Waals surface area contributed by atoms with Gasteiger partial charge < -0.3 is 10.1 Å². The highest BCUT2D eigenvalue weighted by Gasteiger charge is 2.35. The number of ether oxygens (including phenoxy) is 1. The number of para-hydroxylation sites is 1. The first kappa shape index (κ1) is 17.5. The van der Waals surface area contributed by atoms with Crippen LogP contribution in [0, 0.1) is 0 Å². The molecule has 1 heterocycles. The summed E-state index contributed by atoms with van der Waals surface area (Å²) in [7, 11) is 1.54. The van der Waals surface area contributed by atoms with Gasteiger partial charge in [-0.3, -0.25) is 0 Å². The van der Waals surface area contributed by atoms with Crippen LogP contribution in [0.3, 0.4) is 0 Å². The summed E-state index contributed by atoms with van der Waals surface area (Å²) >= 11 is 3.32. The fourth-order valence-electron chi connectivity index (χ4n) is 2.39. The van der Waals surface area contributed by atoms with E-state index in [2.05, 4.69) is 31.2 Å². The Labute approximate surface area is 150 Å². The van der Waals surface area contributed by atoms with Crippen LogP contribution in [-0.2, 0) is 12.7 Å². The summed E-state index contributed by atoms with van der Waals surface area (Å²) in [5.41, 5.74) is 1.02. The van der Waals surface area contributed by atoms with Crippen molar-refractivity contribution in [1.82, 2.24) is 9.97 Å². The monoisotopic (exact) mass is 411 g/mol. The average molecular weight is 412 g/mol. The Morgan fingerprint density at radius 1 is 1.12 bits per heavy atom.